The van der Waals surface area contributed by atoms with Gasteiger partial charge in [0.15, 0.2) is 4.90 Å². The lowest BCUT2D eigenvalue weighted by molar-refractivity contribution is -0.388. The molecule has 116 valence electrons. The molecule has 0 bridgehead atoms. The molecule has 2 rings (SSSR count). The van der Waals surface area contributed by atoms with Crippen LogP contribution in [0.2, 0.25) is 0 Å². The van der Waals surface area contributed by atoms with E-state index in [0.29, 0.717) is 37.2 Å². The van der Waals surface area contributed by atoms with Crippen molar-refractivity contribution in [3.05, 3.63) is 33.4 Å². The molecule has 7 nitrogen and oxygen atoms in total. The van der Waals surface area contributed by atoms with Gasteiger partial charge in [-0.3, -0.25) is 10.1 Å². The zero-order valence-electron chi connectivity index (χ0n) is 12.1. The van der Waals surface area contributed by atoms with Crippen LogP contribution in [0, 0.1) is 24.0 Å². The Balaban J connectivity index is 2.58. The van der Waals surface area contributed by atoms with Gasteiger partial charge < -0.3 is 5.32 Å². The van der Waals surface area contributed by atoms with Gasteiger partial charge in [-0.1, -0.05) is 12.1 Å². The van der Waals surface area contributed by atoms with Crippen LogP contribution in [0.1, 0.15) is 17.5 Å². The van der Waals surface area contributed by atoms with Crippen LogP contribution in [-0.2, 0) is 10.0 Å². The Kier molecular flexibility index (Phi) is 4.60. The third-order valence-electron chi connectivity index (χ3n) is 3.61. The van der Waals surface area contributed by atoms with Crippen LogP contribution in [0.15, 0.2) is 17.0 Å². The average Bonchev–Trinajstić information content (AvgIpc) is 2.69. The standard InChI is InChI=1S/C13H19N3O4S/c1-10-4-5-11(2)13(12(10)16(17)18)21(19,20)15-8-3-6-14-7-9-15/h4-5,14H,3,6-9H2,1-2H3. The highest BCUT2D eigenvalue weighted by molar-refractivity contribution is 7.89. The zero-order chi connectivity index (χ0) is 15.6. The predicted molar refractivity (Wildman–Crippen MR) is 78.8 cm³/mol. The molecule has 0 spiro atoms. The number of sulfonamides is 1. The summed E-state index contributed by atoms with van der Waals surface area (Å²) in [6, 6.07) is 3.20. The van der Waals surface area contributed by atoms with Crippen molar-refractivity contribution in [3.8, 4) is 0 Å². The molecule has 1 N–H and O–H groups in total. The van der Waals surface area contributed by atoms with Crippen LogP contribution in [0.25, 0.3) is 0 Å². The number of nitro groups is 1. The highest BCUT2D eigenvalue weighted by Crippen LogP contribution is 2.32. The van der Waals surface area contributed by atoms with Gasteiger partial charge in [0, 0.05) is 25.2 Å². The van der Waals surface area contributed by atoms with Gasteiger partial charge in [0.1, 0.15) is 0 Å². The van der Waals surface area contributed by atoms with Gasteiger partial charge in [-0.25, -0.2) is 8.42 Å². The number of benzene rings is 1. The predicted octanol–water partition coefficient (Wildman–Crippen LogP) is 1.20. The summed E-state index contributed by atoms with van der Waals surface area (Å²) >= 11 is 0. The second-order valence-corrected chi connectivity index (χ2v) is 7.02. The van der Waals surface area contributed by atoms with E-state index in [1.54, 1.807) is 26.0 Å². The minimum atomic E-state index is -3.86. The monoisotopic (exact) mass is 313 g/mol. The van der Waals surface area contributed by atoms with E-state index in [-0.39, 0.29) is 10.6 Å². The molecular formula is C13H19N3O4S. The first-order valence-electron chi connectivity index (χ1n) is 6.81. The van der Waals surface area contributed by atoms with Gasteiger partial charge in [-0.2, -0.15) is 4.31 Å². The molecule has 0 saturated carbocycles. The molecule has 21 heavy (non-hydrogen) atoms. The van der Waals surface area contributed by atoms with Crippen LogP contribution in [0.3, 0.4) is 0 Å². The Hall–Kier alpha value is -1.51. The topological polar surface area (TPSA) is 92.6 Å². The minimum Gasteiger partial charge on any atom is -0.315 e. The Labute approximate surface area is 124 Å². The lowest BCUT2D eigenvalue weighted by Gasteiger charge is -2.21. The molecule has 1 aliphatic heterocycles. The van der Waals surface area contributed by atoms with Crippen LogP contribution >= 0.6 is 0 Å². The minimum absolute atomic E-state index is 0.172. The van der Waals surface area contributed by atoms with Crippen molar-refractivity contribution in [1.82, 2.24) is 9.62 Å². The summed E-state index contributed by atoms with van der Waals surface area (Å²) in [5.74, 6) is 0. The number of nitrogens with one attached hydrogen (secondary N) is 1. The third kappa shape index (κ3) is 3.07. The Bertz CT molecular complexity index is 650. The van der Waals surface area contributed by atoms with Crippen LogP contribution in [0.4, 0.5) is 5.69 Å². The summed E-state index contributed by atoms with van der Waals surface area (Å²) in [5, 5.41) is 14.4. The molecule has 1 fully saturated rings. The summed E-state index contributed by atoms with van der Waals surface area (Å²) in [7, 11) is -3.86. The van der Waals surface area contributed by atoms with E-state index in [4.69, 9.17) is 0 Å². The molecule has 0 aliphatic carbocycles. The van der Waals surface area contributed by atoms with Gasteiger partial charge in [0.2, 0.25) is 10.0 Å². The van der Waals surface area contributed by atoms with E-state index in [0.717, 1.165) is 6.54 Å². The third-order valence-corrected chi connectivity index (χ3v) is 5.69. The molecule has 1 heterocycles. The van der Waals surface area contributed by atoms with Crippen LogP contribution in [0.5, 0.6) is 0 Å². The van der Waals surface area contributed by atoms with Gasteiger partial charge in [0.05, 0.1) is 4.92 Å². The normalized spacial score (nSPS) is 17.4. The fraction of sp³-hybridized carbons (Fsp3) is 0.538. The van der Waals surface area contributed by atoms with E-state index < -0.39 is 14.9 Å². The lowest BCUT2D eigenvalue weighted by Crippen LogP contribution is -2.35. The van der Waals surface area contributed by atoms with Crippen molar-refractivity contribution in [2.24, 2.45) is 0 Å². The van der Waals surface area contributed by atoms with E-state index in [1.807, 2.05) is 0 Å². The highest BCUT2D eigenvalue weighted by atomic mass is 32.2. The first kappa shape index (κ1) is 15.9. The number of rotatable bonds is 3. The smallest absolute Gasteiger partial charge is 0.292 e. The van der Waals surface area contributed by atoms with Gasteiger partial charge in [-0.15, -0.1) is 0 Å². The van der Waals surface area contributed by atoms with Crippen molar-refractivity contribution >= 4 is 15.7 Å². The average molecular weight is 313 g/mol. The van der Waals surface area contributed by atoms with Crippen LogP contribution < -0.4 is 5.32 Å². The Morgan fingerprint density at radius 3 is 2.52 bits per heavy atom. The second-order valence-electron chi connectivity index (χ2n) is 5.14. The van der Waals surface area contributed by atoms with Gasteiger partial charge in [-0.05, 0) is 32.4 Å². The summed E-state index contributed by atoms with van der Waals surface area (Å²) in [4.78, 5) is 10.5. The van der Waals surface area contributed by atoms with E-state index in [9.17, 15) is 18.5 Å². The zero-order valence-corrected chi connectivity index (χ0v) is 12.9. The van der Waals surface area contributed by atoms with Crippen molar-refractivity contribution in [1.29, 1.82) is 0 Å². The molecule has 8 heteroatoms. The van der Waals surface area contributed by atoms with Crippen molar-refractivity contribution in [3.63, 3.8) is 0 Å². The van der Waals surface area contributed by atoms with E-state index in [2.05, 4.69) is 5.32 Å². The summed E-state index contributed by atoms with van der Waals surface area (Å²) in [6.45, 7) is 5.15. The molecule has 0 radical (unpaired) electrons. The first-order chi connectivity index (χ1) is 9.85. The largest absolute Gasteiger partial charge is 0.315 e. The van der Waals surface area contributed by atoms with Gasteiger partial charge in [0.25, 0.3) is 5.69 Å². The molecular weight excluding hydrogens is 294 g/mol. The molecule has 1 aliphatic rings. The number of nitro benzene ring substituents is 1. The molecule has 1 saturated heterocycles. The quantitative estimate of drug-likeness (QED) is 0.668. The Morgan fingerprint density at radius 2 is 1.86 bits per heavy atom. The fourth-order valence-corrected chi connectivity index (χ4v) is 4.43. The number of nitrogens with zero attached hydrogens (tertiary/aromatic N) is 2. The summed E-state index contributed by atoms with van der Waals surface area (Å²) in [6.07, 6.45) is 0.692. The van der Waals surface area contributed by atoms with E-state index in [1.165, 1.54) is 4.31 Å². The number of hydrogen-bond acceptors (Lipinski definition) is 5. The lowest BCUT2D eigenvalue weighted by atomic mass is 10.1. The second kappa shape index (κ2) is 6.08. The fourth-order valence-electron chi connectivity index (χ4n) is 2.51. The molecule has 0 unspecified atom stereocenters. The highest BCUT2D eigenvalue weighted by Gasteiger charge is 2.34. The first-order valence-corrected chi connectivity index (χ1v) is 8.25. The summed E-state index contributed by atoms with van der Waals surface area (Å²) in [5.41, 5.74) is 0.453. The number of hydrogen-bond donors (Lipinski definition) is 1. The van der Waals surface area contributed by atoms with Crippen molar-refractivity contribution < 1.29 is 13.3 Å². The van der Waals surface area contributed by atoms with Crippen LogP contribution in [-0.4, -0.2) is 43.8 Å². The van der Waals surface area contributed by atoms with Crippen molar-refractivity contribution in [2.75, 3.05) is 26.2 Å². The molecule has 0 aromatic heterocycles. The molecule has 1 aromatic rings. The maximum Gasteiger partial charge on any atom is 0.292 e. The maximum absolute atomic E-state index is 12.8. The SMILES string of the molecule is Cc1ccc(C)c(S(=O)(=O)N2CCCNCC2)c1[N+](=O)[O-]. The Morgan fingerprint density at radius 1 is 1.19 bits per heavy atom. The molecule has 0 atom stereocenters. The number of aryl methyl sites for hydroxylation is 2. The van der Waals surface area contributed by atoms with Gasteiger partial charge >= 0.3 is 0 Å². The van der Waals surface area contributed by atoms with Crippen molar-refractivity contribution in [2.45, 2.75) is 25.2 Å². The molecule has 1 aromatic carbocycles. The molecule has 0 amide bonds. The maximum atomic E-state index is 12.8. The van der Waals surface area contributed by atoms with E-state index >= 15 is 0 Å². The summed E-state index contributed by atoms with van der Waals surface area (Å²) < 4.78 is 27.0.